The summed E-state index contributed by atoms with van der Waals surface area (Å²) in [5.41, 5.74) is 2.30. The summed E-state index contributed by atoms with van der Waals surface area (Å²) in [4.78, 5) is 14.1. The van der Waals surface area contributed by atoms with Crippen molar-refractivity contribution in [1.29, 1.82) is 0 Å². The van der Waals surface area contributed by atoms with Gasteiger partial charge in [-0.05, 0) is 50.2 Å². The van der Waals surface area contributed by atoms with E-state index in [1.165, 1.54) is 11.1 Å². The second kappa shape index (κ2) is 7.41. The lowest BCUT2D eigenvalue weighted by Gasteiger charge is -2.15. The maximum atomic E-state index is 12.8. The van der Waals surface area contributed by atoms with E-state index in [2.05, 4.69) is 36.3 Å². The molecule has 11 heteroatoms. The van der Waals surface area contributed by atoms with Crippen LogP contribution in [-0.4, -0.2) is 46.3 Å². The van der Waals surface area contributed by atoms with Crippen LogP contribution in [-0.2, 0) is 11.8 Å². The lowest BCUT2D eigenvalue weighted by Crippen LogP contribution is -2.21. The molecule has 0 fully saturated rings. The van der Waals surface area contributed by atoms with Gasteiger partial charge in [0, 0.05) is 5.56 Å². The van der Waals surface area contributed by atoms with Gasteiger partial charge in [0.1, 0.15) is 6.33 Å². The monoisotopic (exact) mass is 381 g/mol. The van der Waals surface area contributed by atoms with Crippen LogP contribution in [0.2, 0.25) is 0 Å². The van der Waals surface area contributed by atoms with E-state index in [9.17, 15) is 4.79 Å². The third kappa shape index (κ3) is 3.72. The Labute approximate surface area is 157 Å². The van der Waals surface area contributed by atoms with Gasteiger partial charge >= 0.3 is 0 Å². The summed E-state index contributed by atoms with van der Waals surface area (Å²) in [6.45, 7) is 0. The summed E-state index contributed by atoms with van der Waals surface area (Å²) in [5.74, 6) is 0.279. The standard InChI is InChI=1S/C16H15N9OS/c1-24-20-16(19-22-24)12-4-2-3-5-13(12)18-15(26)8-14(11-6-7-27-9-11)25-10-17-21-23-25/h2-7,9-10,14H,8H2,1H3,(H,18,26)/t14-/m1/s1. The molecule has 1 N–H and O–H groups in total. The third-order valence-corrected chi connectivity index (χ3v) is 4.64. The number of carbonyl (C=O) groups is 1. The van der Waals surface area contributed by atoms with Crippen LogP contribution in [0.15, 0.2) is 47.4 Å². The van der Waals surface area contributed by atoms with E-state index in [1.807, 2.05) is 35.0 Å². The van der Waals surface area contributed by atoms with E-state index in [0.29, 0.717) is 17.1 Å². The maximum Gasteiger partial charge on any atom is 0.226 e. The molecule has 10 nitrogen and oxygen atoms in total. The van der Waals surface area contributed by atoms with Crippen LogP contribution in [0.5, 0.6) is 0 Å². The highest BCUT2D eigenvalue weighted by Gasteiger charge is 2.21. The Morgan fingerprint density at radius 1 is 1.26 bits per heavy atom. The number of nitrogens with one attached hydrogen (secondary N) is 1. The van der Waals surface area contributed by atoms with Crippen molar-refractivity contribution in [1.82, 2.24) is 40.4 Å². The molecule has 3 aromatic heterocycles. The fraction of sp³-hybridized carbons (Fsp3) is 0.188. The zero-order valence-corrected chi connectivity index (χ0v) is 15.1. The van der Waals surface area contributed by atoms with Crippen LogP contribution < -0.4 is 5.32 Å². The van der Waals surface area contributed by atoms with Crippen LogP contribution in [0.25, 0.3) is 11.4 Å². The highest BCUT2D eigenvalue weighted by molar-refractivity contribution is 7.08. The van der Waals surface area contributed by atoms with Gasteiger partial charge < -0.3 is 5.32 Å². The van der Waals surface area contributed by atoms with Gasteiger partial charge in [-0.25, -0.2) is 4.68 Å². The molecule has 3 heterocycles. The lowest BCUT2D eigenvalue weighted by atomic mass is 10.1. The number of carbonyl (C=O) groups excluding carboxylic acids is 1. The van der Waals surface area contributed by atoms with Crippen molar-refractivity contribution in [3.05, 3.63) is 53.0 Å². The zero-order valence-electron chi connectivity index (χ0n) is 14.3. The molecule has 0 saturated carbocycles. The first kappa shape index (κ1) is 17.0. The van der Waals surface area contributed by atoms with Gasteiger partial charge in [-0.2, -0.15) is 16.1 Å². The minimum absolute atomic E-state index is 0.168. The third-order valence-electron chi connectivity index (χ3n) is 3.94. The van der Waals surface area contributed by atoms with Crippen molar-refractivity contribution >= 4 is 22.9 Å². The molecule has 0 saturated heterocycles. The number of aryl methyl sites for hydroxylation is 1. The molecule has 0 aliphatic carbocycles. The normalized spacial score (nSPS) is 12.0. The van der Waals surface area contributed by atoms with E-state index in [1.54, 1.807) is 29.1 Å². The van der Waals surface area contributed by atoms with Crippen molar-refractivity contribution in [3.63, 3.8) is 0 Å². The number of tetrazole rings is 2. The Morgan fingerprint density at radius 3 is 2.85 bits per heavy atom. The number of para-hydroxylation sites is 1. The van der Waals surface area contributed by atoms with Gasteiger partial charge in [0.05, 0.1) is 25.2 Å². The number of rotatable bonds is 6. The van der Waals surface area contributed by atoms with E-state index < -0.39 is 0 Å². The molecule has 0 radical (unpaired) electrons. The van der Waals surface area contributed by atoms with E-state index in [-0.39, 0.29) is 18.4 Å². The lowest BCUT2D eigenvalue weighted by molar-refractivity contribution is -0.116. The number of hydrogen-bond donors (Lipinski definition) is 1. The molecule has 0 unspecified atom stereocenters. The first-order valence-electron chi connectivity index (χ1n) is 8.08. The summed E-state index contributed by atoms with van der Waals surface area (Å²) in [6.07, 6.45) is 1.69. The van der Waals surface area contributed by atoms with Gasteiger partial charge in [0.15, 0.2) is 0 Å². The first-order valence-corrected chi connectivity index (χ1v) is 9.03. The van der Waals surface area contributed by atoms with Crippen LogP contribution in [0.4, 0.5) is 5.69 Å². The average Bonchev–Trinajstić information content (AvgIpc) is 3.43. The first-order chi connectivity index (χ1) is 13.2. The maximum absolute atomic E-state index is 12.8. The quantitative estimate of drug-likeness (QED) is 0.538. The SMILES string of the molecule is Cn1nnc(-c2ccccc2NC(=O)C[C@H](c2ccsc2)n2cnnn2)n1. The molecule has 0 bridgehead atoms. The largest absolute Gasteiger partial charge is 0.325 e. The summed E-state index contributed by atoms with van der Waals surface area (Å²) in [5, 5.41) is 30.3. The number of anilines is 1. The summed E-state index contributed by atoms with van der Waals surface area (Å²) in [6, 6.07) is 9.02. The second-order valence-electron chi connectivity index (χ2n) is 5.76. The summed E-state index contributed by atoms with van der Waals surface area (Å²) in [7, 11) is 1.69. The number of thiophene rings is 1. The van der Waals surface area contributed by atoms with Gasteiger partial charge in [-0.3, -0.25) is 4.79 Å². The molecule has 1 aromatic carbocycles. The Morgan fingerprint density at radius 2 is 2.15 bits per heavy atom. The van der Waals surface area contributed by atoms with Gasteiger partial charge in [0.25, 0.3) is 0 Å². The summed E-state index contributed by atoms with van der Waals surface area (Å²) >= 11 is 1.56. The van der Waals surface area contributed by atoms with Crippen LogP contribution >= 0.6 is 11.3 Å². The average molecular weight is 381 g/mol. The molecule has 0 spiro atoms. The molecule has 4 aromatic rings. The Bertz CT molecular complexity index is 992. The molecular formula is C16H15N9OS. The van der Waals surface area contributed by atoms with E-state index >= 15 is 0 Å². The van der Waals surface area contributed by atoms with E-state index in [4.69, 9.17) is 0 Å². The molecule has 0 aliphatic rings. The van der Waals surface area contributed by atoms with Crippen LogP contribution in [0, 0.1) is 0 Å². The predicted octanol–water partition coefficient (Wildman–Crippen LogP) is 1.54. The highest BCUT2D eigenvalue weighted by Crippen LogP contribution is 2.27. The number of hydrogen-bond acceptors (Lipinski definition) is 8. The van der Waals surface area contributed by atoms with Crippen molar-refractivity contribution in [2.24, 2.45) is 7.05 Å². The number of amides is 1. The Hall–Kier alpha value is -3.47. The number of nitrogens with zero attached hydrogens (tertiary/aromatic N) is 8. The van der Waals surface area contributed by atoms with Crippen molar-refractivity contribution in [3.8, 4) is 11.4 Å². The molecule has 136 valence electrons. The van der Waals surface area contributed by atoms with Gasteiger partial charge in [-0.1, -0.05) is 12.1 Å². The smallest absolute Gasteiger partial charge is 0.226 e. The van der Waals surface area contributed by atoms with Crippen molar-refractivity contribution < 1.29 is 4.79 Å². The molecule has 1 amide bonds. The minimum atomic E-state index is -0.284. The Balaban J connectivity index is 1.56. The summed E-state index contributed by atoms with van der Waals surface area (Å²) < 4.78 is 1.58. The predicted molar refractivity (Wildman–Crippen MR) is 97.8 cm³/mol. The van der Waals surface area contributed by atoms with Gasteiger partial charge in [-0.15, -0.1) is 15.3 Å². The number of benzene rings is 1. The minimum Gasteiger partial charge on any atom is -0.325 e. The van der Waals surface area contributed by atoms with Crippen molar-refractivity contribution in [2.45, 2.75) is 12.5 Å². The Kier molecular flexibility index (Phi) is 4.66. The number of aromatic nitrogens is 8. The molecule has 27 heavy (non-hydrogen) atoms. The highest BCUT2D eigenvalue weighted by atomic mass is 32.1. The zero-order chi connectivity index (χ0) is 18.6. The molecule has 0 aliphatic heterocycles. The molecular weight excluding hydrogens is 366 g/mol. The molecule has 4 rings (SSSR count). The molecule has 1 atom stereocenters. The van der Waals surface area contributed by atoms with E-state index in [0.717, 1.165) is 5.56 Å². The van der Waals surface area contributed by atoms with Gasteiger partial charge in [0.2, 0.25) is 11.7 Å². The fourth-order valence-corrected chi connectivity index (χ4v) is 3.40. The fourth-order valence-electron chi connectivity index (χ4n) is 2.70. The van der Waals surface area contributed by atoms with Crippen LogP contribution in [0.1, 0.15) is 18.0 Å². The topological polar surface area (TPSA) is 116 Å². The van der Waals surface area contributed by atoms with Crippen LogP contribution in [0.3, 0.4) is 0 Å². The second-order valence-corrected chi connectivity index (χ2v) is 6.54. The van der Waals surface area contributed by atoms with Crippen molar-refractivity contribution in [2.75, 3.05) is 5.32 Å².